The number of halogens is 2. The van der Waals surface area contributed by atoms with Crippen molar-refractivity contribution in [2.75, 3.05) is 20.1 Å². The highest BCUT2D eigenvalue weighted by atomic mass is 19.1. The van der Waals surface area contributed by atoms with Crippen molar-refractivity contribution in [2.24, 2.45) is 0 Å². The molecule has 1 fully saturated rings. The van der Waals surface area contributed by atoms with Gasteiger partial charge < -0.3 is 19.9 Å². The number of urea groups is 1. The summed E-state index contributed by atoms with van der Waals surface area (Å²) in [4.78, 5) is 16.1. The molecule has 0 bridgehead atoms. The molecule has 168 valence electrons. The van der Waals surface area contributed by atoms with E-state index in [1.54, 1.807) is 0 Å². The van der Waals surface area contributed by atoms with Crippen molar-refractivity contribution < 1.29 is 22.4 Å². The molecule has 5 nitrogen and oxygen atoms in total. The van der Waals surface area contributed by atoms with Crippen LogP contribution < -0.4 is 10.1 Å². The molecule has 0 spiro atoms. The number of likely N-dealkylation sites (tertiary alicyclic amines) is 1. The van der Waals surface area contributed by atoms with Crippen molar-refractivity contribution in [2.45, 2.75) is 51.9 Å². The summed E-state index contributed by atoms with van der Waals surface area (Å²) in [7, 11) is 0. The highest BCUT2D eigenvalue weighted by Gasteiger charge is 2.27. The van der Waals surface area contributed by atoms with E-state index in [1.165, 1.54) is 15.9 Å². The van der Waals surface area contributed by atoms with Crippen molar-refractivity contribution in [3.05, 3.63) is 65.2 Å². The smallest absolute Gasteiger partial charge is 0.318 e. The number of carbonyl (C=O) groups excluding carboxylic acids is 1. The molecule has 0 atom stereocenters. The SMILES string of the molecule is [2H]C([2H])([2H])N1CCC(N(Cc2ccc(F)cc2F)C(=O)NCc2ccc(OC(C)C)cc2)CC1. The third kappa shape index (κ3) is 6.66. The van der Waals surface area contributed by atoms with E-state index in [1.807, 2.05) is 38.1 Å². The van der Waals surface area contributed by atoms with Crippen LogP contribution in [-0.2, 0) is 13.1 Å². The van der Waals surface area contributed by atoms with Crippen LogP contribution in [0.2, 0.25) is 0 Å². The van der Waals surface area contributed by atoms with Crippen molar-refractivity contribution >= 4 is 6.03 Å². The third-order valence-corrected chi connectivity index (χ3v) is 5.26. The number of hydrogen-bond acceptors (Lipinski definition) is 3. The van der Waals surface area contributed by atoms with Gasteiger partial charge in [0, 0.05) is 28.3 Å². The number of nitrogens with one attached hydrogen (secondary N) is 1. The van der Waals surface area contributed by atoms with Crippen LogP contribution in [0.5, 0.6) is 5.75 Å². The maximum absolute atomic E-state index is 14.3. The number of ether oxygens (including phenoxy) is 1. The van der Waals surface area contributed by atoms with Crippen LogP contribution >= 0.6 is 0 Å². The molecular formula is C24H31F2N3O2. The first-order chi connectivity index (χ1) is 16.0. The number of nitrogens with zero attached hydrogens (tertiary/aromatic N) is 2. The molecule has 31 heavy (non-hydrogen) atoms. The van der Waals surface area contributed by atoms with Gasteiger partial charge in [-0.15, -0.1) is 0 Å². The number of carbonyl (C=O) groups is 1. The number of hydrogen-bond donors (Lipinski definition) is 1. The monoisotopic (exact) mass is 434 g/mol. The molecule has 3 rings (SSSR count). The van der Waals surface area contributed by atoms with Crippen LogP contribution in [0.3, 0.4) is 0 Å². The lowest BCUT2D eigenvalue weighted by molar-refractivity contribution is 0.126. The molecule has 0 radical (unpaired) electrons. The van der Waals surface area contributed by atoms with E-state index in [4.69, 9.17) is 8.85 Å². The number of benzene rings is 2. The summed E-state index contributed by atoms with van der Waals surface area (Å²) in [5, 5.41) is 2.87. The summed E-state index contributed by atoms with van der Waals surface area (Å²) >= 11 is 0. The number of amides is 2. The van der Waals surface area contributed by atoms with Crippen LogP contribution in [0.4, 0.5) is 13.6 Å². The van der Waals surface area contributed by atoms with E-state index in [2.05, 4.69) is 5.32 Å². The fourth-order valence-corrected chi connectivity index (χ4v) is 3.61. The van der Waals surface area contributed by atoms with Crippen LogP contribution in [0.1, 0.15) is 41.9 Å². The molecule has 0 aliphatic carbocycles. The Labute approximate surface area is 187 Å². The minimum absolute atomic E-state index is 0.0441. The Morgan fingerprint density at radius 2 is 1.94 bits per heavy atom. The van der Waals surface area contributed by atoms with E-state index in [0.29, 0.717) is 25.9 Å². The average molecular weight is 435 g/mol. The molecule has 7 heteroatoms. The molecule has 0 saturated carbocycles. The van der Waals surface area contributed by atoms with Gasteiger partial charge >= 0.3 is 6.03 Å². The normalized spacial score (nSPS) is 17.0. The first-order valence-corrected chi connectivity index (χ1v) is 10.5. The zero-order chi connectivity index (χ0) is 24.9. The van der Waals surface area contributed by atoms with Gasteiger partial charge in [-0.25, -0.2) is 13.6 Å². The second-order valence-corrected chi connectivity index (χ2v) is 8.05. The van der Waals surface area contributed by atoms with E-state index >= 15 is 0 Å². The van der Waals surface area contributed by atoms with Crippen molar-refractivity contribution in [1.29, 1.82) is 0 Å². The molecule has 1 heterocycles. The Bertz CT molecular complexity index is 963. The van der Waals surface area contributed by atoms with Gasteiger partial charge in [0.05, 0.1) is 12.6 Å². The van der Waals surface area contributed by atoms with Crippen LogP contribution in [0.15, 0.2) is 42.5 Å². The van der Waals surface area contributed by atoms with Crippen molar-refractivity contribution in [3.8, 4) is 5.75 Å². The predicted molar refractivity (Wildman–Crippen MR) is 117 cm³/mol. The highest BCUT2D eigenvalue weighted by Crippen LogP contribution is 2.21. The lowest BCUT2D eigenvalue weighted by Crippen LogP contribution is -2.49. The Morgan fingerprint density at radius 1 is 1.23 bits per heavy atom. The fraction of sp³-hybridized carbons (Fsp3) is 0.458. The number of piperidine rings is 1. The van der Waals surface area contributed by atoms with Gasteiger partial charge in [-0.3, -0.25) is 0 Å². The van der Waals surface area contributed by atoms with Gasteiger partial charge in [0.25, 0.3) is 0 Å². The summed E-state index contributed by atoms with van der Waals surface area (Å²) in [6.07, 6.45) is 0.939. The first kappa shape index (κ1) is 19.0. The molecule has 2 amide bonds. The molecule has 0 aromatic heterocycles. The Balaban J connectivity index is 1.70. The molecular weight excluding hydrogens is 400 g/mol. The van der Waals surface area contributed by atoms with Crippen molar-refractivity contribution in [1.82, 2.24) is 15.1 Å². The molecule has 2 aromatic carbocycles. The average Bonchev–Trinajstić information content (AvgIpc) is 2.77. The molecule has 1 aliphatic rings. The fourth-order valence-electron chi connectivity index (χ4n) is 3.61. The van der Waals surface area contributed by atoms with Crippen LogP contribution in [0, 0.1) is 11.6 Å². The third-order valence-electron chi connectivity index (χ3n) is 5.26. The lowest BCUT2D eigenvalue weighted by atomic mass is 10.0. The maximum Gasteiger partial charge on any atom is 0.318 e. The Hall–Kier alpha value is -2.67. The van der Waals surface area contributed by atoms with E-state index in [0.717, 1.165) is 23.4 Å². The van der Waals surface area contributed by atoms with E-state index in [9.17, 15) is 13.6 Å². The standard InChI is InChI=1S/C24H31F2N3O2/c1-17(2)31-22-8-4-18(5-9-22)15-27-24(30)29(21-10-12-28(3)13-11-21)16-19-6-7-20(25)14-23(19)26/h4-9,14,17,21H,10-13,15-16H2,1-3H3,(H,27,30)/i3D3. The quantitative estimate of drug-likeness (QED) is 0.695. The topological polar surface area (TPSA) is 44.8 Å². The second kappa shape index (κ2) is 10.6. The Morgan fingerprint density at radius 3 is 2.55 bits per heavy atom. The molecule has 1 saturated heterocycles. The second-order valence-electron chi connectivity index (χ2n) is 8.05. The number of rotatable bonds is 7. The van der Waals surface area contributed by atoms with Gasteiger partial charge in [0.1, 0.15) is 17.4 Å². The van der Waals surface area contributed by atoms with Gasteiger partial charge in [-0.1, -0.05) is 18.2 Å². The minimum Gasteiger partial charge on any atom is -0.491 e. The molecule has 1 aliphatic heterocycles. The van der Waals surface area contributed by atoms with Gasteiger partial charge in [0.2, 0.25) is 0 Å². The first-order valence-electron chi connectivity index (χ1n) is 12.0. The highest BCUT2D eigenvalue weighted by molar-refractivity contribution is 5.74. The molecule has 1 N–H and O–H groups in total. The molecule has 2 aromatic rings. The van der Waals surface area contributed by atoms with E-state index in [-0.39, 0.29) is 30.8 Å². The van der Waals surface area contributed by atoms with Crippen LogP contribution in [-0.4, -0.2) is 48.0 Å². The molecule has 0 unspecified atom stereocenters. The van der Waals surface area contributed by atoms with E-state index < -0.39 is 24.6 Å². The zero-order valence-corrected chi connectivity index (χ0v) is 17.9. The summed E-state index contributed by atoms with van der Waals surface area (Å²) in [5.74, 6) is -0.675. The largest absolute Gasteiger partial charge is 0.491 e. The zero-order valence-electron chi connectivity index (χ0n) is 20.9. The lowest BCUT2D eigenvalue weighted by Gasteiger charge is -2.37. The predicted octanol–water partition coefficient (Wildman–Crippen LogP) is 4.56. The van der Waals surface area contributed by atoms with Crippen molar-refractivity contribution in [3.63, 3.8) is 0 Å². The Kier molecular flexibility index (Phi) is 6.50. The van der Waals surface area contributed by atoms with Gasteiger partial charge in [-0.05, 0) is 70.5 Å². The summed E-state index contributed by atoms with van der Waals surface area (Å²) < 4.78 is 56.1. The summed E-state index contributed by atoms with van der Waals surface area (Å²) in [5.41, 5.74) is 1.07. The van der Waals surface area contributed by atoms with Gasteiger partial charge in [-0.2, -0.15) is 0 Å². The summed E-state index contributed by atoms with van der Waals surface area (Å²) in [6.45, 7) is 2.51. The summed E-state index contributed by atoms with van der Waals surface area (Å²) in [6, 6.07) is 10.00. The maximum atomic E-state index is 14.3. The minimum atomic E-state index is -2.19. The van der Waals surface area contributed by atoms with Gasteiger partial charge in [0.15, 0.2) is 0 Å². The van der Waals surface area contributed by atoms with Crippen LogP contribution in [0.25, 0.3) is 0 Å².